The summed E-state index contributed by atoms with van der Waals surface area (Å²) in [5.74, 6) is 0.939. The number of hydrogen-bond acceptors (Lipinski definition) is 3. The van der Waals surface area contributed by atoms with Crippen LogP contribution in [0.3, 0.4) is 0 Å². The molecule has 3 nitrogen and oxygen atoms in total. The van der Waals surface area contributed by atoms with Crippen molar-refractivity contribution in [1.29, 1.82) is 0 Å². The van der Waals surface area contributed by atoms with E-state index < -0.39 is 6.10 Å². The molecule has 1 aliphatic heterocycles. The minimum absolute atomic E-state index is 0.125. The van der Waals surface area contributed by atoms with Gasteiger partial charge in [-0.2, -0.15) is 0 Å². The first-order chi connectivity index (χ1) is 7.52. The molecular formula is C13H19NO2. The number of nitrogens with two attached hydrogens (primary N) is 1. The molecule has 1 heterocycles. The van der Waals surface area contributed by atoms with Gasteiger partial charge in [0.15, 0.2) is 0 Å². The van der Waals surface area contributed by atoms with E-state index >= 15 is 0 Å². The molecule has 0 fully saturated rings. The van der Waals surface area contributed by atoms with Crippen molar-refractivity contribution < 1.29 is 9.84 Å². The van der Waals surface area contributed by atoms with Crippen LogP contribution in [0.1, 0.15) is 37.5 Å². The summed E-state index contributed by atoms with van der Waals surface area (Å²) in [6, 6.07) is 5.89. The number of rotatable bonds is 3. The van der Waals surface area contributed by atoms with Gasteiger partial charge in [-0.1, -0.05) is 6.07 Å². The number of aliphatic hydroxyl groups excluding tert-OH is 1. The van der Waals surface area contributed by atoms with E-state index in [9.17, 15) is 5.11 Å². The molecule has 0 amide bonds. The SMILES string of the molecule is CC1(C)Cc2cc(C(O)CCN)ccc2O1. The molecule has 0 spiro atoms. The lowest BCUT2D eigenvalue weighted by molar-refractivity contribution is 0.138. The second-order valence-electron chi connectivity index (χ2n) is 5.00. The first-order valence-electron chi connectivity index (χ1n) is 5.72. The standard InChI is InChI=1S/C13H19NO2/c1-13(2)8-10-7-9(11(15)5-6-14)3-4-12(10)16-13/h3-4,7,11,15H,5-6,8,14H2,1-2H3. The molecule has 0 saturated heterocycles. The van der Waals surface area contributed by atoms with Crippen LogP contribution in [0, 0.1) is 0 Å². The number of hydrogen-bond donors (Lipinski definition) is 2. The average molecular weight is 221 g/mol. The Morgan fingerprint density at radius 3 is 2.94 bits per heavy atom. The summed E-state index contributed by atoms with van der Waals surface area (Å²) in [6.45, 7) is 4.65. The highest BCUT2D eigenvalue weighted by Crippen LogP contribution is 2.36. The summed E-state index contributed by atoms with van der Waals surface area (Å²) < 4.78 is 5.78. The van der Waals surface area contributed by atoms with Crippen LogP contribution in [-0.2, 0) is 6.42 Å². The smallest absolute Gasteiger partial charge is 0.123 e. The number of fused-ring (bicyclic) bond motifs is 1. The molecule has 1 atom stereocenters. The van der Waals surface area contributed by atoms with E-state index in [0.29, 0.717) is 13.0 Å². The Bertz CT molecular complexity index is 388. The van der Waals surface area contributed by atoms with Gasteiger partial charge in [-0.05, 0) is 50.1 Å². The maximum absolute atomic E-state index is 9.86. The van der Waals surface area contributed by atoms with E-state index in [1.54, 1.807) is 0 Å². The predicted molar refractivity (Wildman–Crippen MR) is 63.5 cm³/mol. The zero-order valence-corrected chi connectivity index (χ0v) is 9.86. The average Bonchev–Trinajstić information content (AvgIpc) is 2.50. The summed E-state index contributed by atoms with van der Waals surface area (Å²) in [7, 11) is 0. The molecular weight excluding hydrogens is 202 g/mol. The fraction of sp³-hybridized carbons (Fsp3) is 0.538. The van der Waals surface area contributed by atoms with Gasteiger partial charge in [0.25, 0.3) is 0 Å². The third-order valence-electron chi connectivity index (χ3n) is 2.91. The quantitative estimate of drug-likeness (QED) is 0.818. The third kappa shape index (κ3) is 2.20. The van der Waals surface area contributed by atoms with Crippen LogP contribution >= 0.6 is 0 Å². The van der Waals surface area contributed by atoms with Crippen molar-refractivity contribution in [3.63, 3.8) is 0 Å². The van der Waals surface area contributed by atoms with Crippen LogP contribution < -0.4 is 10.5 Å². The van der Waals surface area contributed by atoms with Gasteiger partial charge in [0.2, 0.25) is 0 Å². The van der Waals surface area contributed by atoms with Crippen molar-refractivity contribution in [1.82, 2.24) is 0 Å². The molecule has 0 saturated carbocycles. The van der Waals surface area contributed by atoms with E-state index in [2.05, 4.69) is 13.8 Å². The highest BCUT2D eigenvalue weighted by molar-refractivity contribution is 5.42. The van der Waals surface area contributed by atoms with E-state index in [0.717, 1.165) is 17.7 Å². The first kappa shape index (κ1) is 11.4. The van der Waals surface area contributed by atoms with E-state index in [1.165, 1.54) is 5.56 Å². The van der Waals surface area contributed by atoms with Gasteiger partial charge in [0.05, 0.1) is 6.10 Å². The highest BCUT2D eigenvalue weighted by Gasteiger charge is 2.30. The normalized spacial score (nSPS) is 19.0. The van der Waals surface area contributed by atoms with Crippen LogP contribution in [0.5, 0.6) is 5.75 Å². The Morgan fingerprint density at radius 2 is 2.25 bits per heavy atom. The second-order valence-corrected chi connectivity index (χ2v) is 5.00. The van der Waals surface area contributed by atoms with Crippen molar-refractivity contribution >= 4 is 0 Å². The zero-order valence-electron chi connectivity index (χ0n) is 9.86. The molecule has 1 aliphatic rings. The highest BCUT2D eigenvalue weighted by atomic mass is 16.5. The van der Waals surface area contributed by atoms with Crippen LogP contribution in [0.4, 0.5) is 0 Å². The Labute approximate surface area is 96.2 Å². The van der Waals surface area contributed by atoms with Crippen molar-refractivity contribution in [2.75, 3.05) is 6.54 Å². The molecule has 3 heteroatoms. The van der Waals surface area contributed by atoms with Crippen LogP contribution in [0.25, 0.3) is 0 Å². The molecule has 0 radical (unpaired) electrons. The van der Waals surface area contributed by atoms with E-state index in [-0.39, 0.29) is 5.60 Å². The van der Waals surface area contributed by atoms with E-state index in [1.807, 2.05) is 18.2 Å². The fourth-order valence-electron chi connectivity index (χ4n) is 2.16. The molecule has 2 rings (SSSR count). The maximum atomic E-state index is 9.86. The molecule has 0 aromatic heterocycles. The van der Waals surface area contributed by atoms with E-state index in [4.69, 9.17) is 10.5 Å². The summed E-state index contributed by atoms with van der Waals surface area (Å²) in [4.78, 5) is 0. The Kier molecular flexibility index (Phi) is 2.91. The van der Waals surface area contributed by atoms with Gasteiger partial charge in [-0.15, -0.1) is 0 Å². The lowest BCUT2D eigenvalue weighted by Gasteiger charge is -2.16. The summed E-state index contributed by atoms with van der Waals surface area (Å²) in [6.07, 6.45) is 1.04. The first-order valence-corrected chi connectivity index (χ1v) is 5.72. The molecule has 1 aromatic carbocycles. The lowest BCUT2D eigenvalue weighted by Crippen LogP contribution is -2.24. The van der Waals surface area contributed by atoms with Gasteiger partial charge in [0.1, 0.15) is 11.4 Å². The Hall–Kier alpha value is -1.06. The van der Waals surface area contributed by atoms with Crippen LogP contribution in [-0.4, -0.2) is 17.3 Å². The van der Waals surface area contributed by atoms with Crippen LogP contribution in [0.15, 0.2) is 18.2 Å². The number of benzene rings is 1. The monoisotopic (exact) mass is 221 g/mol. The van der Waals surface area contributed by atoms with Crippen LogP contribution in [0.2, 0.25) is 0 Å². The maximum Gasteiger partial charge on any atom is 0.123 e. The molecule has 1 unspecified atom stereocenters. The van der Waals surface area contributed by atoms with Crippen molar-refractivity contribution in [2.45, 2.75) is 38.4 Å². The third-order valence-corrected chi connectivity index (χ3v) is 2.91. The second kappa shape index (κ2) is 4.07. The predicted octanol–water partition coefficient (Wildman–Crippen LogP) is 1.78. The summed E-state index contributed by atoms with van der Waals surface area (Å²) >= 11 is 0. The van der Waals surface area contributed by atoms with Crippen molar-refractivity contribution in [3.05, 3.63) is 29.3 Å². The van der Waals surface area contributed by atoms with Gasteiger partial charge in [-0.25, -0.2) is 0 Å². The molecule has 88 valence electrons. The van der Waals surface area contributed by atoms with Gasteiger partial charge in [0, 0.05) is 6.42 Å². The van der Waals surface area contributed by atoms with Crippen molar-refractivity contribution in [3.8, 4) is 5.75 Å². The summed E-state index contributed by atoms with van der Waals surface area (Å²) in [5.41, 5.74) is 7.43. The fourth-order valence-corrected chi connectivity index (χ4v) is 2.16. The molecule has 0 bridgehead atoms. The number of ether oxygens (including phenoxy) is 1. The molecule has 16 heavy (non-hydrogen) atoms. The molecule has 0 aliphatic carbocycles. The van der Waals surface area contributed by atoms with Crippen molar-refractivity contribution in [2.24, 2.45) is 5.73 Å². The molecule has 3 N–H and O–H groups in total. The van der Waals surface area contributed by atoms with Gasteiger partial charge in [-0.3, -0.25) is 0 Å². The topological polar surface area (TPSA) is 55.5 Å². The largest absolute Gasteiger partial charge is 0.487 e. The minimum Gasteiger partial charge on any atom is -0.487 e. The number of aliphatic hydroxyl groups is 1. The lowest BCUT2D eigenvalue weighted by atomic mass is 9.98. The summed E-state index contributed by atoms with van der Waals surface area (Å²) in [5, 5.41) is 9.86. The van der Waals surface area contributed by atoms with Gasteiger partial charge < -0.3 is 15.6 Å². The zero-order chi connectivity index (χ0) is 11.8. The Balaban J connectivity index is 2.22. The van der Waals surface area contributed by atoms with Gasteiger partial charge >= 0.3 is 0 Å². The molecule has 1 aromatic rings. The minimum atomic E-state index is -0.459. The Morgan fingerprint density at radius 1 is 1.50 bits per heavy atom.